The summed E-state index contributed by atoms with van der Waals surface area (Å²) in [5.41, 5.74) is 0.754. The molecule has 0 amide bonds. The maximum atomic E-state index is 11.0. The van der Waals surface area contributed by atoms with E-state index >= 15 is 0 Å². The molecule has 2 rings (SSSR count). The lowest BCUT2D eigenvalue weighted by atomic mass is 9.83. The van der Waals surface area contributed by atoms with Crippen LogP contribution in [0.1, 0.15) is 30.9 Å². The van der Waals surface area contributed by atoms with Gasteiger partial charge in [0.25, 0.3) is 0 Å². The summed E-state index contributed by atoms with van der Waals surface area (Å²) < 4.78 is 0. The Kier molecular flexibility index (Phi) is 4.00. The Morgan fingerprint density at radius 1 is 1.06 bits per heavy atom. The molecule has 1 aromatic heterocycles. The molecule has 0 aliphatic heterocycles. The van der Waals surface area contributed by atoms with Gasteiger partial charge >= 0.3 is 0 Å². The summed E-state index contributed by atoms with van der Waals surface area (Å²) in [6.45, 7) is 2.06. The molecule has 1 N–H and O–H groups in total. The van der Waals surface area contributed by atoms with Crippen molar-refractivity contribution in [3.8, 4) is 0 Å². The number of hydrogen-bond donors (Lipinski definition) is 1. The molecule has 0 aliphatic rings. The molecule has 0 saturated carbocycles. The van der Waals surface area contributed by atoms with Crippen molar-refractivity contribution in [1.82, 2.24) is 4.98 Å². The molecule has 1 heterocycles. The molecule has 1 unspecified atom stereocenters. The Morgan fingerprint density at radius 2 is 1.61 bits per heavy atom. The Labute approximate surface area is 112 Å². The molecule has 1 atom stereocenters. The van der Waals surface area contributed by atoms with Crippen LogP contribution in [0.25, 0.3) is 0 Å². The van der Waals surface area contributed by atoms with Crippen LogP contribution in [0.3, 0.4) is 0 Å². The minimum absolute atomic E-state index is 0.665. The molecule has 0 saturated heterocycles. The highest BCUT2D eigenvalue weighted by Gasteiger charge is 2.30. The molecule has 0 fully saturated rings. The second kappa shape index (κ2) is 5.51. The van der Waals surface area contributed by atoms with Gasteiger partial charge in [-0.3, -0.25) is 4.98 Å². The summed E-state index contributed by atoms with van der Waals surface area (Å²) >= 11 is 5.89. The molecule has 0 aliphatic carbocycles. The van der Waals surface area contributed by atoms with Crippen LogP contribution in [0.4, 0.5) is 0 Å². The molecule has 2 nitrogen and oxygen atoms in total. The van der Waals surface area contributed by atoms with E-state index in [-0.39, 0.29) is 0 Å². The van der Waals surface area contributed by atoms with Gasteiger partial charge in [-0.05, 0) is 41.8 Å². The maximum absolute atomic E-state index is 11.0. The van der Waals surface area contributed by atoms with Crippen molar-refractivity contribution in [2.45, 2.75) is 25.4 Å². The van der Waals surface area contributed by atoms with Gasteiger partial charge in [0.05, 0.1) is 0 Å². The van der Waals surface area contributed by atoms with Crippen molar-refractivity contribution < 1.29 is 5.11 Å². The first-order chi connectivity index (χ1) is 8.66. The number of nitrogens with zero attached hydrogens (tertiary/aromatic N) is 1. The van der Waals surface area contributed by atoms with Crippen LogP contribution in [0, 0.1) is 0 Å². The first-order valence-corrected chi connectivity index (χ1v) is 6.43. The van der Waals surface area contributed by atoms with E-state index < -0.39 is 5.60 Å². The molecule has 94 valence electrons. The normalized spacial score (nSPS) is 14.2. The second-order valence-electron chi connectivity index (χ2n) is 4.35. The predicted octanol–water partition coefficient (Wildman–Crippen LogP) is 3.77. The Hall–Kier alpha value is -1.38. The van der Waals surface area contributed by atoms with Crippen LogP contribution < -0.4 is 0 Å². The van der Waals surface area contributed by atoms with Crippen LogP contribution in [0.5, 0.6) is 0 Å². The molecule has 18 heavy (non-hydrogen) atoms. The monoisotopic (exact) mass is 261 g/mol. The number of aliphatic hydroxyl groups is 1. The van der Waals surface area contributed by atoms with Gasteiger partial charge in [-0.25, -0.2) is 0 Å². The zero-order chi connectivity index (χ0) is 13.0. The molecule has 1 aromatic carbocycles. The fourth-order valence-electron chi connectivity index (χ4n) is 2.17. The highest BCUT2D eigenvalue weighted by Crippen LogP contribution is 2.34. The SMILES string of the molecule is CCCC(O)(c1ccncc1)c1ccc(Cl)cc1. The van der Waals surface area contributed by atoms with Crippen molar-refractivity contribution >= 4 is 11.6 Å². The van der Waals surface area contributed by atoms with Crippen molar-refractivity contribution in [1.29, 1.82) is 0 Å². The number of rotatable bonds is 4. The van der Waals surface area contributed by atoms with Crippen LogP contribution in [-0.4, -0.2) is 10.1 Å². The zero-order valence-electron chi connectivity index (χ0n) is 10.3. The zero-order valence-corrected chi connectivity index (χ0v) is 11.1. The fourth-order valence-corrected chi connectivity index (χ4v) is 2.30. The number of aromatic nitrogens is 1. The van der Waals surface area contributed by atoms with Crippen LogP contribution in [-0.2, 0) is 5.60 Å². The van der Waals surface area contributed by atoms with Gasteiger partial charge in [0, 0.05) is 17.4 Å². The average Bonchev–Trinajstić information content (AvgIpc) is 2.40. The first-order valence-electron chi connectivity index (χ1n) is 6.06. The summed E-state index contributed by atoms with van der Waals surface area (Å²) in [7, 11) is 0. The smallest absolute Gasteiger partial charge is 0.115 e. The Balaban J connectivity index is 2.47. The highest BCUT2D eigenvalue weighted by molar-refractivity contribution is 6.30. The lowest BCUT2D eigenvalue weighted by Crippen LogP contribution is -2.27. The maximum Gasteiger partial charge on any atom is 0.115 e. The number of hydrogen-bond acceptors (Lipinski definition) is 2. The van der Waals surface area contributed by atoms with E-state index in [1.807, 2.05) is 24.3 Å². The lowest BCUT2D eigenvalue weighted by Gasteiger charge is -2.29. The Bertz CT molecular complexity index is 498. The van der Waals surface area contributed by atoms with E-state index in [2.05, 4.69) is 11.9 Å². The van der Waals surface area contributed by atoms with E-state index in [9.17, 15) is 5.11 Å². The molecular weight excluding hydrogens is 246 g/mol. The van der Waals surface area contributed by atoms with Crippen molar-refractivity contribution in [3.05, 3.63) is 64.9 Å². The van der Waals surface area contributed by atoms with Crippen molar-refractivity contribution in [2.24, 2.45) is 0 Å². The third kappa shape index (κ3) is 2.55. The van der Waals surface area contributed by atoms with Gasteiger partial charge in [-0.2, -0.15) is 0 Å². The predicted molar refractivity (Wildman–Crippen MR) is 73.6 cm³/mol. The highest BCUT2D eigenvalue weighted by atomic mass is 35.5. The molecule has 0 bridgehead atoms. The number of benzene rings is 1. The molecular formula is C15H16ClNO. The molecule has 3 heteroatoms. The summed E-state index contributed by atoms with van der Waals surface area (Å²) in [6.07, 6.45) is 4.96. The van der Waals surface area contributed by atoms with E-state index in [0.717, 1.165) is 17.5 Å². The van der Waals surface area contributed by atoms with E-state index in [1.54, 1.807) is 24.5 Å². The molecule has 0 radical (unpaired) electrons. The van der Waals surface area contributed by atoms with Gasteiger partial charge in [-0.1, -0.05) is 37.1 Å². The minimum atomic E-state index is -0.970. The van der Waals surface area contributed by atoms with E-state index in [4.69, 9.17) is 11.6 Å². The van der Waals surface area contributed by atoms with Gasteiger partial charge in [0.15, 0.2) is 0 Å². The van der Waals surface area contributed by atoms with E-state index in [1.165, 1.54) is 0 Å². The third-order valence-corrected chi connectivity index (χ3v) is 3.34. The summed E-state index contributed by atoms with van der Waals surface area (Å²) in [4.78, 5) is 3.99. The Morgan fingerprint density at radius 3 is 2.17 bits per heavy atom. The molecule has 0 spiro atoms. The van der Waals surface area contributed by atoms with Gasteiger partial charge in [0.1, 0.15) is 5.60 Å². The topological polar surface area (TPSA) is 33.1 Å². The number of halogens is 1. The number of pyridine rings is 1. The van der Waals surface area contributed by atoms with Crippen LogP contribution in [0.15, 0.2) is 48.8 Å². The van der Waals surface area contributed by atoms with Crippen molar-refractivity contribution in [2.75, 3.05) is 0 Å². The van der Waals surface area contributed by atoms with Gasteiger partial charge < -0.3 is 5.11 Å². The summed E-state index contributed by atoms with van der Waals surface area (Å²) in [5, 5.41) is 11.6. The average molecular weight is 262 g/mol. The second-order valence-corrected chi connectivity index (χ2v) is 4.79. The lowest BCUT2D eigenvalue weighted by molar-refractivity contribution is 0.0701. The molecule has 2 aromatic rings. The van der Waals surface area contributed by atoms with E-state index in [0.29, 0.717) is 11.4 Å². The van der Waals surface area contributed by atoms with Gasteiger partial charge in [-0.15, -0.1) is 0 Å². The van der Waals surface area contributed by atoms with Crippen LogP contribution in [0.2, 0.25) is 5.02 Å². The summed E-state index contributed by atoms with van der Waals surface area (Å²) in [6, 6.07) is 11.1. The third-order valence-electron chi connectivity index (χ3n) is 3.09. The fraction of sp³-hybridized carbons (Fsp3) is 0.267. The van der Waals surface area contributed by atoms with Gasteiger partial charge in [0.2, 0.25) is 0 Å². The summed E-state index contributed by atoms with van der Waals surface area (Å²) in [5.74, 6) is 0. The first kappa shape index (κ1) is 13.1. The standard InChI is InChI=1S/C15H16ClNO/c1-2-9-15(18,13-7-10-17-11-8-13)12-3-5-14(16)6-4-12/h3-8,10-11,18H,2,9H2,1H3. The van der Waals surface area contributed by atoms with Crippen molar-refractivity contribution in [3.63, 3.8) is 0 Å². The van der Waals surface area contributed by atoms with Crippen LogP contribution >= 0.6 is 11.6 Å². The minimum Gasteiger partial charge on any atom is -0.380 e. The quantitative estimate of drug-likeness (QED) is 0.909. The largest absolute Gasteiger partial charge is 0.380 e.